The molecule has 1 aromatic heterocycles. The van der Waals surface area contributed by atoms with Crippen molar-refractivity contribution in [2.75, 3.05) is 6.61 Å². The van der Waals surface area contributed by atoms with E-state index in [4.69, 9.17) is 21.4 Å². The van der Waals surface area contributed by atoms with E-state index >= 15 is 0 Å². The SMILES string of the molecule is Cc1cc(Cl)ncc1OC[C@@H](C)CC(C)(C)NC(=O)O. The van der Waals surface area contributed by atoms with E-state index in [1.165, 1.54) is 0 Å². The molecule has 0 aromatic carbocycles. The van der Waals surface area contributed by atoms with E-state index < -0.39 is 11.6 Å². The highest BCUT2D eigenvalue weighted by Gasteiger charge is 2.23. The highest BCUT2D eigenvalue weighted by molar-refractivity contribution is 6.29. The van der Waals surface area contributed by atoms with Gasteiger partial charge in [-0.2, -0.15) is 0 Å². The van der Waals surface area contributed by atoms with Crippen LogP contribution in [0, 0.1) is 12.8 Å². The molecular weight excluding hydrogens is 280 g/mol. The van der Waals surface area contributed by atoms with Gasteiger partial charge in [-0.15, -0.1) is 0 Å². The molecule has 112 valence electrons. The molecule has 1 aromatic rings. The quantitative estimate of drug-likeness (QED) is 0.789. The van der Waals surface area contributed by atoms with Crippen molar-refractivity contribution in [1.29, 1.82) is 0 Å². The molecule has 20 heavy (non-hydrogen) atoms. The lowest BCUT2D eigenvalue weighted by Gasteiger charge is -2.28. The van der Waals surface area contributed by atoms with Crippen LogP contribution in [-0.2, 0) is 0 Å². The number of halogens is 1. The number of pyridine rings is 1. The summed E-state index contributed by atoms with van der Waals surface area (Å²) >= 11 is 5.78. The molecule has 0 saturated carbocycles. The van der Waals surface area contributed by atoms with Crippen molar-refractivity contribution in [2.45, 2.75) is 39.7 Å². The summed E-state index contributed by atoms with van der Waals surface area (Å²) in [7, 11) is 0. The molecule has 0 spiro atoms. The molecule has 1 rings (SSSR count). The number of ether oxygens (including phenoxy) is 1. The third-order valence-electron chi connectivity index (χ3n) is 2.86. The van der Waals surface area contributed by atoms with Gasteiger partial charge in [-0.1, -0.05) is 18.5 Å². The number of aryl methyl sites for hydroxylation is 1. The van der Waals surface area contributed by atoms with Gasteiger partial charge in [0, 0.05) is 5.54 Å². The number of hydrogen-bond acceptors (Lipinski definition) is 3. The number of aromatic nitrogens is 1. The fourth-order valence-corrected chi connectivity index (χ4v) is 2.38. The maximum absolute atomic E-state index is 10.7. The molecule has 0 saturated heterocycles. The van der Waals surface area contributed by atoms with Crippen LogP contribution < -0.4 is 10.1 Å². The van der Waals surface area contributed by atoms with E-state index in [2.05, 4.69) is 10.3 Å². The molecule has 0 bridgehead atoms. The molecule has 0 radical (unpaired) electrons. The molecule has 5 nitrogen and oxygen atoms in total. The monoisotopic (exact) mass is 300 g/mol. The highest BCUT2D eigenvalue weighted by Crippen LogP contribution is 2.22. The molecule has 1 amide bonds. The van der Waals surface area contributed by atoms with Crippen molar-refractivity contribution in [3.05, 3.63) is 23.0 Å². The van der Waals surface area contributed by atoms with E-state index in [9.17, 15) is 4.79 Å². The normalized spacial score (nSPS) is 12.8. The fraction of sp³-hybridized carbons (Fsp3) is 0.571. The highest BCUT2D eigenvalue weighted by atomic mass is 35.5. The first-order valence-corrected chi connectivity index (χ1v) is 6.83. The van der Waals surface area contributed by atoms with Crippen molar-refractivity contribution < 1.29 is 14.6 Å². The summed E-state index contributed by atoms with van der Waals surface area (Å²) in [5.41, 5.74) is 0.446. The first-order chi connectivity index (χ1) is 9.19. The second kappa shape index (κ2) is 6.79. The Morgan fingerprint density at radius 1 is 1.60 bits per heavy atom. The fourth-order valence-electron chi connectivity index (χ4n) is 2.16. The Bertz CT molecular complexity index is 477. The van der Waals surface area contributed by atoms with Crippen molar-refractivity contribution in [2.24, 2.45) is 5.92 Å². The van der Waals surface area contributed by atoms with Gasteiger partial charge in [-0.25, -0.2) is 9.78 Å². The maximum Gasteiger partial charge on any atom is 0.405 e. The summed E-state index contributed by atoms with van der Waals surface area (Å²) in [6.45, 7) is 8.13. The van der Waals surface area contributed by atoms with Crippen LogP contribution in [0.2, 0.25) is 5.15 Å². The molecule has 0 fully saturated rings. The number of nitrogens with zero attached hydrogens (tertiary/aromatic N) is 1. The van der Waals surface area contributed by atoms with Gasteiger partial charge in [-0.05, 0) is 44.7 Å². The summed E-state index contributed by atoms with van der Waals surface area (Å²) in [6.07, 6.45) is 1.27. The average molecular weight is 301 g/mol. The van der Waals surface area contributed by atoms with Crippen molar-refractivity contribution >= 4 is 17.7 Å². The molecule has 1 atom stereocenters. The second-order valence-corrected chi connectivity index (χ2v) is 6.09. The van der Waals surface area contributed by atoms with Gasteiger partial charge < -0.3 is 15.2 Å². The zero-order valence-electron chi connectivity index (χ0n) is 12.2. The predicted molar refractivity (Wildman–Crippen MR) is 78.5 cm³/mol. The summed E-state index contributed by atoms with van der Waals surface area (Å²) in [6, 6.07) is 1.75. The van der Waals surface area contributed by atoms with E-state index in [-0.39, 0.29) is 5.92 Å². The average Bonchev–Trinajstić information content (AvgIpc) is 2.24. The lowest BCUT2D eigenvalue weighted by atomic mass is 9.92. The molecule has 0 unspecified atom stereocenters. The first-order valence-electron chi connectivity index (χ1n) is 6.45. The third-order valence-corrected chi connectivity index (χ3v) is 3.06. The minimum absolute atomic E-state index is 0.201. The number of rotatable bonds is 6. The zero-order chi connectivity index (χ0) is 15.3. The van der Waals surface area contributed by atoms with Gasteiger partial charge >= 0.3 is 6.09 Å². The van der Waals surface area contributed by atoms with E-state index in [0.29, 0.717) is 23.9 Å². The lowest BCUT2D eigenvalue weighted by Crippen LogP contribution is -2.44. The number of hydrogen-bond donors (Lipinski definition) is 2. The number of nitrogens with one attached hydrogen (secondary N) is 1. The van der Waals surface area contributed by atoms with E-state index in [0.717, 1.165) is 5.56 Å². The Balaban J connectivity index is 2.50. The zero-order valence-corrected chi connectivity index (χ0v) is 13.0. The Morgan fingerprint density at radius 2 is 2.25 bits per heavy atom. The molecule has 0 aliphatic heterocycles. The van der Waals surface area contributed by atoms with Crippen LogP contribution in [0.4, 0.5) is 4.79 Å². The van der Waals surface area contributed by atoms with Crippen molar-refractivity contribution in [3.63, 3.8) is 0 Å². The number of carboxylic acid groups (broad SMARTS) is 1. The Morgan fingerprint density at radius 3 is 2.80 bits per heavy atom. The Hall–Kier alpha value is -1.49. The second-order valence-electron chi connectivity index (χ2n) is 5.71. The number of amides is 1. The van der Waals surface area contributed by atoms with Gasteiger partial charge in [0.2, 0.25) is 0 Å². The summed E-state index contributed by atoms with van der Waals surface area (Å²) in [5, 5.41) is 11.7. The standard InChI is InChI=1S/C14H21ClN2O3/c1-9(6-14(3,4)17-13(18)19)8-20-11-7-16-12(15)5-10(11)2/h5,7,9,17H,6,8H2,1-4H3,(H,18,19)/t9-/m0/s1. The van der Waals surface area contributed by atoms with Gasteiger partial charge in [0.15, 0.2) is 0 Å². The third kappa shape index (κ3) is 5.65. The minimum atomic E-state index is -1.01. The first kappa shape index (κ1) is 16.6. The van der Waals surface area contributed by atoms with Crippen LogP contribution in [0.25, 0.3) is 0 Å². The summed E-state index contributed by atoms with van der Waals surface area (Å²) < 4.78 is 5.71. The number of carbonyl (C=O) groups is 1. The molecule has 2 N–H and O–H groups in total. The van der Waals surface area contributed by atoms with Crippen molar-refractivity contribution in [3.8, 4) is 5.75 Å². The van der Waals surface area contributed by atoms with Gasteiger partial charge in [0.05, 0.1) is 12.8 Å². The predicted octanol–water partition coefficient (Wildman–Crippen LogP) is 3.49. The van der Waals surface area contributed by atoms with Gasteiger partial charge in [0.25, 0.3) is 0 Å². The Labute approximate surface area is 124 Å². The topological polar surface area (TPSA) is 71.5 Å². The van der Waals surface area contributed by atoms with Crippen molar-refractivity contribution in [1.82, 2.24) is 10.3 Å². The van der Waals surface area contributed by atoms with Crippen LogP contribution in [0.3, 0.4) is 0 Å². The summed E-state index contributed by atoms with van der Waals surface area (Å²) in [4.78, 5) is 14.7. The van der Waals surface area contributed by atoms with Crippen LogP contribution in [0.1, 0.15) is 32.8 Å². The van der Waals surface area contributed by atoms with E-state index in [1.807, 2.05) is 27.7 Å². The van der Waals surface area contributed by atoms with Crippen LogP contribution in [0.5, 0.6) is 5.75 Å². The molecule has 0 aliphatic rings. The maximum atomic E-state index is 10.7. The molecular formula is C14H21ClN2O3. The van der Waals surface area contributed by atoms with Gasteiger partial charge in [0.1, 0.15) is 10.9 Å². The largest absolute Gasteiger partial charge is 0.491 e. The van der Waals surface area contributed by atoms with Crippen LogP contribution in [0.15, 0.2) is 12.3 Å². The van der Waals surface area contributed by atoms with Gasteiger partial charge in [-0.3, -0.25) is 0 Å². The van der Waals surface area contributed by atoms with E-state index in [1.54, 1.807) is 12.3 Å². The lowest BCUT2D eigenvalue weighted by molar-refractivity contribution is 0.169. The Kier molecular flexibility index (Phi) is 5.62. The van der Waals surface area contributed by atoms with Crippen LogP contribution in [-0.4, -0.2) is 28.3 Å². The molecule has 6 heteroatoms. The minimum Gasteiger partial charge on any atom is -0.491 e. The molecule has 1 heterocycles. The molecule has 0 aliphatic carbocycles. The smallest absolute Gasteiger partial charge is 0.405 e. The summed E-state index contributed by atoms with van der Waals surface area (Å²) in [5.74, 6) is 0.900. The van der Waals surface area contributed by atoms with Crippen LogP contribution >= 0.6 is 11.6 Å².